The van der Waals surface area contributed by atoms with E-state index < -0.39 is 5.82 Å². The summed E-state index contributed by atoms with van der Waals surface area (Å²) in [7, 11) is 0. The largest absolute Gasteiger partial charge is 0.359 e. The lowest BCUT2D eigenvalue weighted by atomic mass is 9.92. The topological polar surface area (TPSA) is 83.8 Å². The van der Waals surface area contributed by atoms with Gasteiger partial charge < -0.3 is 14.8 Å². The van der Waals surface area contributed by atoms with Gasteiger partial charge in [0.2, 0.25) is 0 Å². The van der Waals surface area contributed by atoms with Crippen molar-refractivity contribution in [2.45, 2.75) is 26.2 Å². The second kappa shape index (κ2) is 5.66. The third kappa shape index (κ3) is 2.61. The van der Waals surface area contributed by atoms with Crippen molar-refractivity contribution in [3.8, 4) is 0 Å². The van der Waals surface area contributed by atoms with Gasteiger partial charge in [0.1, 0.15) is 17.3 Å². The molecule has 3 aromatic heterocycles. The predicted octanol–water partition coefficient (Wildman–Crippen LogP) is 4.24. The van der Waals surface area contributed by atoms with Crippen LogP contribution >= 0.6 is 0 Å². The fourth-order valence-electron chi connectivity index (χ4n) is 3.02. The smallest absolute Gasteiger partial charge is 0.256 e. The summed E-state index contributed by atoms with van der Waals surface area (Å²) in [6.07, 6.45) is 3.12. The third-order valence-corrected chi connectivity index (χ3v) is 4.18. The first kappa shape index (κ1) is 16.3. The summed E-state index contributed by atoms with van der Waals surface area (Å²) in [6, 6.07) is 5.94. The van der Waals surface area contributed by atoms with Crippen molar-refractivity contribution in [1.82, 2.24) is 15.1 Å². The van der Waals surface area contributed by atoms with E-state index in [4.69, 9.17) is 4.52 Å². The third-order valence-electron chi connectivity index (χ3n) is 4.18. The van der Waals surface area contributed by atoms with Crippen molar-refractivity contribution in [3.05, 3.63) is 58.6 Å². The van der Waals surface area contributed by atoms with Gasteiger partial charge in [-0.15, -0.1) is 0 Å². The average Bonchev–Trinajstić information content (AvgIpc) is 3.04. The molecule has 7 heteroatoms. The highest BCUT2D eigenvalue weighted by molar-refractivity contribution is 6.10. The number of nitrogens with one attached hydrogen (secondary N) is 2. The Balaban J connectivity index is 1.99. The lowest BCUT2D eigenvalue weighted by molar-refractivity contribution is 0.330. The molecule has 0 unspecified atom stereocenters. The fourth-order valence-corrected chi connectivity index (χ4v) is 3.02. The van der Waals surface area contributed by atoms with Gasteiger partial charge in [-0.05, 0) is 24.3 Å². The second-order valence-electron chi connectivity index (χ2n) is 7.16. The van der Waals surface area contributed by atoms with E-state index in [1.807, 2.05) is 20.8 Å². The maximum absolute atomic E-state index is 13.7. The number of nitrogens with zero attached hydrogens (tertiary/aromatic N) is 2. The molecule has 0 aliphatic carbocycles. The van der Waals surface area contributed by atoms with Crippen molar-refractivity contribution < 1.29 is 8.91 Å². The number of fused-ring (bicyclic) bond motifs is 3. The number of aromatic amines is 1. The zero-order valence-corrected chi connectivity index (χ0v) is 14.6. The van der Waals surface area contributed by atoms with Gasteiger partial charge in [0.15, 0.2) is 5.76 Å². The van der Waals surface area contributed by atoms with Crippen LogP contribution in [-0.2, 0) is 5.41 Å². The molecule has 4 aromatic rings. The number of halogens is 1. The number of H-pyrrole nitrogens is 1. The zero-order chi connectivity index (χ0) is 18.5. The van der Waals surface area contributed by atoms with Crippen molar-refractivity contribution in [2.75, 3.05) is 5.32 Å². The monoisotopic (exact) mass is 352 g/mol. The van der Waals surface area contributed by atoms with Gasteiger partial charge in [0.05, 0.1) is 17.1 Å². The number of anilines is 2. The normalized spacial score (nSPS) is 12.0. The minimum absolute atomic E-state index is 0.258. The van der Waals surface area contributed by atoms with E-state index in [9.17, 15) is 9.18 Å². The van der Waals surface area contributed by atoms with Crippen LogP contribution in [0.4, 0.5) is 15.9 Å². The first-order valence-electron chi connectivity index (χ1n) is 8.17. The molecule has 1 aromatic carbocycles. The Morgan fingerprint density at radius 3 is 2.77 bits per heavy atom. The zero-order valence-electron chi connectivity index (χ0n) is 14.6. The van der Waals surface area contributed by atoms with Crippen LogP contribution in [0, 0.1) is 5.82 Å². The van der Waals surface area contributed by atoms with Gasteiger partial charge in [-0.1, -0.05) is 25.9 Å². The van der Waals surface area contributed by atoms with Gasteiger partial charge in [-0.2, -0.15) is 0 Å². The number of hydrogen-bond acceptors (Lipinski definition) is 5. The maximum atomic E-state index is 13.7. The summed E-state index contributed by atoms with van der Waals surface area (Å²) < 4.78 is 19.1. The van der Waals surface area contributed by atoms with Gasteiger partial charge in [-0.3, -0.25) is 4.79 Å². The van der Waals surface area contributed by atoms with Gasteiger partial charge in [0.25, 0.3) is 5.56 Å². The van der Waals surface area contributed by atoms with Crippen LogP contribution in [0.15, 0.2) is 46.0 Å². The molecule has 0 saturated carbocycles. The quantitative estimate of drug-likeness (QED) is 0.527. The van der Waals surface area contributed by atoms with Crippen molar-refractivity contribution in [3.63, 3.8) is 0 Å². The molecule has 0 amide bonds. The highest BCUT2D eigenvalue weighted by atomic mass is 19.1. The minimum atomic E-state index is -0.418. The summed E-state index contributed by atoms with van der Waals surface area (Å²) in [5.41, 5.74) is 0.636. The molecule has 2 N–H and O–H groups in total. The molecule has 6 nitrogen and oxygen atoms in total. The van der Waals surface area contributed by atoms with Crippen LogP contribution in [0.5, 0.6) is 0 Å². The van der Waals surface area contributed by atoms with Crippen LogP contribution in [0.3, 0.4) is 0 Å². The predicted molar refractivity (Wildman–Crippen MR) is 98.3 cm³/mol. The van der Waals surface area contributed by atoms with Crippen LogP contribution in [0.1, 0.15) is 26.5 Å². The summed E-state index contributed by atoms with van der Waals surface area (Å²) >= 11 is 0. The number of benzene rings is 1. The van der Waals surface area contributed by atoms with Gasteiger partial charge >= 0.3 is 0 Å². The molecule has 0 aliphatic heterocycles. The molecule has 0 aliphatic rings. The van der Waals surface area contributed by atoms with E-state index in [1.54, 1.807) is 24.5 Å². The molecule has 3 heterocycles. The second-order valence-corrected chi connectivity index (χ2v) is 7.16. The summed E-state index contributed by atoms with van der Waals surface area (Å²) in [6.45, 7) is 6.04. The first-order valence-corrected chi connectivity index (χ1v) is 8.17. The Hall–Kier alpha value is -3.22. The minimum Gasteiger partial charge on any atom is -0.359 e. The lowest BCUT2D eigenvalue weighted by Gasteiger charge is -2.17. The Morgan fingerprint density at radius 2 is 2.00 bits per heavy atom. The molecule has 4 rings (SSSR count). The van der Waals surface area contributed by atoms with E-state index >= 15 is 0 Å². The highest BCUT2D eigenvalue weighted by Crippen LogP contribution is 2.34. The molecule has 0 saturated heterocycles. The molecule has 0 spiro atoms. The van der Waals surface area contributed by atoms with Crippen molar-refractivity contribution in [1.29, 1.82) is 0 Å². The Bertz CT molecular complexity index is 1190. The number of pyridine rings is 2. The Kier molecular flexibility index (Phi) is 3.54. The van der Waals surface area contributed by atoms with E-state index in [2.05, 4.69) is 20.4 Å². The molecule has 0 bridgehead atoms. The van der Waals surface area contributed by atoms with Crippen molar-refractivity contribution in [2.24, 2.45) is 0 Å². The number of rotatable bonds is 2. The van der Waals surface area contributed by atoms with E-state index in [0.29, 0.717) is 38.9 Å². The number of hydrogen-bond donors (Lipinski definition) is 2. The summed E-state index contributed by atoms with van der Waals surface area (Å²) in [4.78, 5) is 19.6. The highest BCUT2D eigenvalue weighted by Gasteiger charge is 2.24. The first-order chi connectivity index (χ1) is 12.3. The summed E-state index contributed by atoms with van der Waals surface area (Å²) in [5.74, 6) is 0.744. The molecule has 26 heavy (non-hydrogen) atoms. The molecule has 0 radical (unpaired) electrons. The van der Waals surface area contributed by atoms with E-state index in [0.717, 1.165) is 0 Å². The van der Waals surface area contributed by atoms with E-state index in [-0.39, 0.29) is 11.0 Å². The molecular weight excluding hydrogens is 335 g/mol. The average molecular weight is 352 g/mol. The Labute approximate surface area is 148 Å². The van der Waals surface area contributed by atoms with Gasteiger partial charge in [-0.25, -0.2) is 9.37 Å². The van der Waals surface area contributed by atoms with E-state index in [1.165, 1.54) is 12.1 Å². The van der Waals surface area contributed by atoms with Crippen LogP contribution in [0.2, 0.25) is 0 Å². The van der Waals surface area contributed by atoms with Crippen LogP contribution in [-0.4, -0.2) is 15.1 Å². The Morgan fingerprint density at radius 1 is 1.19 bits per heavy atom. The molecule has 0 atom stereocenters. The SMILES string of the molecule is CC(C)(C)c1oncc1Nc1nc2ccc(F)cc2c2c(=O)[nH]ccc12. The standard InChI is InChI=1S/C19H17FN4O2/c1-19(2,3)16-14(9-22-26-16)24-17-11-6-7-21-18(25)15(11)12-8-10(20)4-5-13(12)23-17/h4-9H,1-3H3,(H,21,25)(H,23,24). The molecular formula is C19H17FN4O2. The maximum Gasteiger partial charge on any atom is 0.256 e. The number of aromatic nitrogens is 3. The molecule has 0 fully saturated rings. The van der Waals surface area contributed by atoms with Crippen LogP contribution < -0.4 is 10.9 Å². The molecule has 132 valence electrons. The van der Waals surface area contributed by atoms with Crippen molar-refractivity contribution >= 4 is 33.2 Å². The summed E-state index contributed by atoms with van der Waals surface area (Å²) in [5, 5.41) is 8.54. The fraction of sp³-hybridized carbons (Fsp3) is 0.211. The van der Waals surface area contributed by atoms with Gasteiger partial charge in [0, 0.05) is 22.4 Å². The lowest BCUT2D eigenvalue weighted by Crippen LogP contribution is -2.13. The van der Waals surface area contributed by atoms with Crippen LogP contribution in [0.25, 0.3) is 21.7 Å².